The van der Waals surface area contributed by atoms with E-state index in [1.54, 1.807) is 0 Å². The van der Waals surface area contributed by atoms with Crippen LogP contribution in [-0.2, 0) is 0 Å². The molecule has 0 saturated heterocycles. The van der Waals surface area contributed by atoms with Crippen molar-refractivity contribution in [2.45, 2.75) is 166 Å². The fourth-order valence-corrected chi connectivity index (χ4v) is 6.09. The van der Waals surface area contributed by atoms with Gasteiger partial charge in [0.2, 0.25) is 0 Å². The average Bonchev–Trinajstić information content (AvgIpc) is 2.75. The molecule has 0 amide bonds. The molecule has 1 unspecified atom stereocenters. The molecule has 2 saturated carbocycles. The molecule has 0 aromatic carbocycles. The van der Waals surface area contributed by atoms with Crippen molar-refractivity contribution >= 4 is 7.28 Å². The van der Waals surface area contributed by atoms with E-state index in [1.165, 1.54) is 141 Å². The summed E-state index contributed by atoms with van der Waals surface area (Å²) >= 11 is 0. The lowest BCUT2D eigenvalue weighted by atomic mass is 9.39. The van der Waals surface area contributed by atoms with E-state index >= 15 is 0 Å². The molecule has 0 heterocycles. The highest BCUT2D eigenvalue weighted by atomic mass is 14.3. The molecule has 2 rings (SSSR count). The summed E-state index contributed by atoms with van der Waals surface area (Å²) in [5.74, 6) is 1.83. The van der Waals surface area contributed by atoms with Crippen LogP contribution in [0.15, 0.2) is 0 Å². The van der Waals surface area contributed by atoms with Crippen molar-refractivity contribution in [3.8, 4) is 0 Å². The molecule has 2 fully saturated rings. The van der Waals surface area contributed by atoms with Crippen molar-refractivity contribution < 1.29 is 0 Å². The molecule has 0 bridgehead atoms. The first-order valence-corrected chi connectivity index (χ1v) is 13.6. The van der Waals surface area contributed by atoms with Crippen molar-refractivity contribution in [3.63, 3.8) is 0 Å². The highest BCUT2D eigenvalue weighted by Gasteiger charge is 2.34. The monoisotopic (exact) mass is 387 g/mol. The first-order chi connectivity index (χ1) is 13.7. The van der Waals surface area contributed by atoms with E-state index in [0.29, 0.717) is 5.31 Å². The minimum Gasteiger partial charge on any atom is -0.0682 e. The standard InChI is InChI=1S/C27H52B/c1-3-27(2,25-21-17-13-9-7-8-10-14-18-22-25)28-26-23-19-15-11-5-4-6-12-16-20-24-26/h25-26H,3-24H2,1-2H3. The largest absolute Gasteiger partial charge is 0.122 e. The zero-order valence-corrected chi connectivity index (χ0v) is 19.8. The second kappa shape index (κ2) is 15.0. The zero-order chi connectivity index (χ0) is 19.9. The molecule has 163 valence electrons. The minimum absolute atomic E-state index is 0.482. The Morgan fingerprint density at radius 1 is 0.536 bits per heavy atom. The van der Waals surface area contributed by atoms with Crippen LogP contribution in [0.3, 0.4) is 0 Å². The third kappa shape index (κ3) is 9.71. The van der Waals surface area contributed by atoms with Crippen molar-refractivity contribution in [1.29, 1.82) is 0 Å². The highest BCUT2D eigenvalue weighted by molar-refractivity contribution is 6.42. The zero-order valence-electron chi connectivity index (χ0n) is 19.8. The van der Waals surface area contributed by atoms with Gasteiger partial charge in [-0.25, -0.2) is 0 Å². The van der Waals surface area contributed by atoms with Crippen LogP contribution in [0.25, 0.3) is 0 Å². The summed E-state index contributed by atoms with van der Waals surface area (Å²) in [6.07, 6.45) is 32.6. The van der Waals surface area contributed by atoms with Crippen LogP contribution < -0.4 is 0 Å². The molecule has 2 aliphatic rings. The van der Waals surface area contributed by atoms with Gasteiger partial charge in [0.25, 0.3) is 0 Å². The maximum Gasteiger partial charge on any atom is 0.122 e. The van der Waals surface area contributed by atoms with Gasteiger partial charge in [-0.1, -0.05) is 166 Å². The Labute approximate surface area is 179 Å². The molecule has 0 aromatic heterocycles. The summed E-state index contributed by atoms with van der Waals surface area (Å²) in [6, 6.07) is 0. The van der Waals surface area contributed by atoms with E-state index in [0.717, 1.165) is 11.7 Å². The highest BCUT2D eigenvalue weighted by Crippen LogP contribution is 2.47. The van der Waals surface area contributed by atoms with Gasteiger partial charge < -0.3 is 0 Å². The fourth-order valence-electron chi connectivity index (χ4n) is 6.09. The Bertz CT molecular complexity index is 341. The molecule has 1 radical (unpaired) electrons. The molecule has 0 nitrogen and oxygen atoms in total. The molecule has 0 spiro atoms. The Hall–Kier alpha value is 0.0649. The molecular weight excluding hydrogens is 335 g/mol. The van der Waals surface area contributed by atoms with Crippen LogP contribution in [0.5, 0.6) is 0 Å². The Morgan fingerprint density at radius 3 is 1.21 bits per heavy atom. The van der Waals surface area contributed by atoms with E-state index in [-0.39, 0.29) is 0 Å². The van der Waals surface area contributed by atoms with Crippen LogP contribution in [0.2, 0.25) is 11.1 Å². The summed E-state index contributed by atoms with van der Waals surface area (Å²) in [5.41, 5.74) is 0. The van der Waals surface area contributed by atoms with Gasteiger partial charge in [0.05, 0.1) is 0 Å². The van der Waals surface area contributed by atoms with Gasteiger partial charge in [-0.3, -0.25) is 0 Å². The fraction of sp³-hybridized carbons (Fsp3) is 1.00. The van der Waals surface area contributed by atoms with Crippen molar-refractivity contribution in [1.82, 2.24) is 0 Å². The van der Waals surface area contributed by atoms with Gasteiger partial charge in [-0.15, -0.1) is 0 Å². The topological polar surface area (TPSA) is 0 Å². The Balaban J connectivity index is 1.94. The minimum atomic E-state index is 0.482. The number of hydrogen-bond acceptors (Lipinski definition) is 0. The number of hydrogen-bond donors (Lipinski definition) is 0. The summed E-state index contributed by atoms with van der Waals surface area (Å²) < 4.78 is 0. The Morgan fingerprint density at radius 2 is 0.857 bits per heavy atom. The van der Waals surface area contributed by atoms with Crippen LogP contribution in [0.4, 0.5) is 0 Å². The third-order valence-electron chi connectivity index (χ3n) is 8.32. The molecule has 28 heavy (non-hydrogen) atoms. The second-order valence-corrected chi connectivity index (χ2v) is 10.6. The smallest absolute Gasteiger partial charge is 0.0682 e. The summed E-state index contributed by atoms with van der Waals surface area (Å²) in [6.45, 7) is 5.13. The third-order valence-corrected chi connectivity index (χ3v) is 8.32. The van der Waals surface area contributed by atoms with Gasteiger partial charge in [0, 0.05) is 0 Å². The molecule has 0 N–H and O–H groups in total. The van der Waals surface area contributed by atoms with E-state index in [4.69, 9.17) is 0 Å². The van der Waals surface area contributed by atoms with Gasteiger partial charge in [0.15, 0.2) is 0 Å². The van der Waals surface area contributed by atoms with Crippen LogP contribution in [0.1, 0.15) is 155 Å². The van der Waals surface area contributed by atoms with Gasteiger partial charge in [-0.2, -0.15) is 0 Å². The lowest BCUT2D eigenvalue weighted by molar-refractivity contribution is 0.300. The number of rotatable bonds is 4. The van der Waals surface area contributed by atoms with Gasteiger partial charge in [0.1, 0.15) is 7.28 Å². The average molecular weight is 388 g/mol. The SMILES string of the molecule is CCC(C)([B]C1CCCCCCCCCCC1)C1CCCCCCCCCC1. The lowest BCUT2D eigenvalue weighted by Crippen LogP contribution is -2.29. The normalized spacial score (nSPS) is 26.2. The van der Waals surface area contributed by atoms with Crippen molar-refractivity contribution in [3.05, 3.63) is 0 Å². The van der Waals surface area contributed by atoms with E-state index < -0.39 is 0 Å². The second-order valence-electron chi connectivity index (χ2n) is 10.6. The molecular formula is C27H52B. The molecule has 2 aliphatic carbocycles. The van der Waals surface area contributed by atoms with E-state index in [9.17, 15) is 0 Å². The first kappa shape index (κ1) is 24.3. The summed E-state index contributed by atoms with van der Waals surface area (Å²) in [4.78, 5) is 0. The van der Waals surface area contributed by atoms with Gasteiger partial charge in [-0.05, 0) is 5.92 Å². The van der Waals surface area contributed by atoms with E-state index in [2.05, 4.69) is 21.1 Å². The van der Waals surface area contributed by atoms with Crippen LogP contribution >= 0.6 is 0 Å². The molecule has 1 heteroatoms. The predicted molar refractivity (Wildman–Crippen MR) is 129 cm³/mol. The lowest BCUT2D eigenvalue weighted by Gasteiger charge is -2.40. The quantitative estimate of drug-likeness (QED) is 0.421. The molecule has 1 atom stereocenters. The van der Waals surface area contributed by atoms with Crippen molar-refractivity contribution in [2.75, 3.05) is 0 Å². The van der Waals surface area contributed by atoms with E-state index in [1.807, 2.05) is 0 Å². The van der Waals surface area contributed by atoms with Gasteiger partial charge >= 0.3 is 0 Å². The van der Waals surface area contributed by atoms with Crippen molar-refractivity contribution in [2.24, 2.45) is 5.92 Å². The van der Waals surface area contributed by atoms with Crippen LogP contribution in [-0.4, -0.2) is 7.28 Å². The molecule has 0 aromatic rings. The first-order valence-electron chi connectivity index (χ1n) is 13.6. The maximum absolute atomic E-state index is 2.92. The maximum atomic E-state index is 2.92. The van der Waals surface area contributed by atoms with Crippen LogP contribution in [0, 0.1) is 5.92 Å². The Kier molecular flexibility index (Phi) is 13.0. The molecule has 0 aliphatic heterocycles. The summed E-state index contributed by atoms with van der Waals surface area (Å²) in [7, 11) is 2.92. The summed E-state index contributed by atoms with van der Waals surface area (Å²) in [5, 5.41) is 0.482. The predicted octanol–water partition coefficient (Wildman–Crippen LogP) is 9.90.